The Morgan fingerprint density at radius 3 is 2.17 bits per heavy atom. The number of hydrogen-bond acceptors (Lipinski definition) is 3. The van der Waals surface area contributed by atoms with E-state index in [1.165, 1.54) is 16.8 Å². The highest BCUT2D eigenvalue weighted by atomic mass is 16.5. The van der Waals surface area contributed by atoms with Gasteiger partial charge in [0.25, 0.3) is 0 Å². The van der Waals surface area contributed by atoms with Gasteiger partial charge in [-0.1, -0.05) is 54.6 Å². The van der Waals surface area contributed by atoms with Crippen LogP contribution >= 0.6 is 0 Å². The monoisotopic (exact) mass is 403 g/mol. The molecule has 0 amide bonds. The Labute approximate surface area is 178 Å². The summed E-state index contributed by atoms with van der Waals surface area (Å²) in [6.07, 6.45) is 0.681. The summed E-state index contributed by atoms with van der Waals surface area (Å²) in [5.74, 6) is 0.00889. The van der Waals surface area contributed by atoms with Crippen LogP contribution in [0.1, 0.15) is 35.6 Å². The van der Waals surface area contributed by atoms with Gasteiger partial charge in [0.15, 0.2) is 0 Å². The first-order chi connectivity index (χ1) is 14.5. The van der Waals surface area contributed by atoms with E-state index in [4.69, 9.17) is 9.84 Å². The van der Waals surface area contributed by atoms with Gasteiger partial charge in [-0.05, 0) is 60.7 Å². The molecular formula is C26H29NO3. The summed E-state index contributed by atoms with van der Waals surface area (Å²) in [7, 11) is 0. The molecular weight excluding hydrogens is 374 g/mol. The molecule has 1 N–H and O–H groups in total. The first kappa shape index (κ1) is 21.4. The van der Waals surface area contributed by atoms with Crippen LogP contribution in [0.15, 0.2) is 72.8 Å². The Morgan fingerprint density at radius 1 is 0.900 bits per heavy atom. The minimum absolute atomic E-state index is 0.145. The smallest absolute Gasteiger partial charge is 0.303 e. The SMILES string of the molecule is CCN(Cc1ccc(COc2ccc(CCC(=O)O)cc2)cc1)c1ccccc1C. The van der Waals surface area contributed by atoms with Gasteiger partial charge >= 0.3 is 5.97 Å². The molecule has 3 aromatic carbocycles. The topological polar surface area (TPSA) is 49.8 Å². The van der Waals surface area contributed by atoms with Crippen molar-refractivity contribution in [1.29, 1.82) is 0 Å². The van der Waals surface area contributed by atoms with Crippen LogP contribution in [-0.2, 0) is 24.4 Å². The van der Waals surface area contributed by atoms with Gasteiger partial charge in [-0.3, -0.25) is 4.79 Å². The minimum Gasteiger partial charge on any atom is -0.489 e. The molecule has 30 heavy (non-hydrogen) atoms. The van der Waals surface area contributed by atoms with Crippen molar-refractivity contribution in [2.24, 2.45) is 0 Å². The van der Waals surface area contributed by atoms with E-state index in [-0.39, 0.29) is 6.42 Å². The predicted molar refractivity (Wildman–Crippen MR) is 121 cm³/mol. The van der Waals surface area contributed by atoms with E-state index in [1.807, 2.05) is 24.3 Å². The number of ether oxygens (including phenoxy) is 1. The maximum absolute atomic E-state index is 10.7. The van der Waals surface area contributed by atoms with Gasteiger partial charge in [0.2, 0.25) is 0 Å². The number of carbonyl (C=O) groups is 1. The Balaban J connectivity index is 1.54. The maximum Gasteiger partial charge on any atom is 0.303 e. The van der Waals surface area contributed by atoms with Gasteiger partial charge < -0.3 is 14.7 Å². The highest BCUT2D eigenvalue weighted by molar-refractivity contribution is 5.67. The lowest BCUT2D eigenvalue weighted by atomic mass is 10.1. The van der Waals surface area contributed by atoms with E-state index in [1.54, 1.807) is 0 Å². The second-order valence-corrected chi connectivity index (χ2v) is 7.44. The van der Waals surface area contributed by atoms with Crippen LogP contribution in [0.25, 0.3) is 0 Å². The Kier molecular flexibility index (Phi) is 7.50. The Morgan fingerprint density at radius 2 is 1.53 bits per heavy atom. The molecule has 0 saturated carbocycles. The molecule has 0 spiro atoms. The number of anilines is 1. The number of rotatable bonds is 10. The van der Waals surface area contributed by atoms with Crippen molar-refractivity contribution in [1.82, 2.24) is 0 Å². The lowest BCUT2D eigenvalue weighted by Gasteiger charge is -2.25. The van der Waals surface area contributed by atoms with Crippen LogP contribution in [0.2, 0.25) is 0 Å². The molecule has 0 heterocycles. The number of aliphatic carboxylic acids is 1. The van der Waals surface area contributed by atoms with Crippen molar-refractivity contribution >= 4 is 11.7 Å². The first-order valence-corrected chi connectivity index (χ1v) is 10.4. The summed E-state index contributed by atoms with van der Waals surface area (Å²) in [4.78, 5) is 13.0. The Bertz CT molecular complexity index is 949. The average molecular weight is 404 g/mol. The van der Waals surface area contributed by atoms with Crippen LogP contribution in [0.4, 0.5) is 5.69 Å². The quantitative estimate of drug-likeness (QED) is 0.477. The zero-order chi connectivity index (χ0) is 21.3. The summed E-state index contributed by atoms with van der Waals surface area (Å²) in [6, 6.07) is 24.7. The van der Waals surface area contributed by atoms with Crippen molar-refractivity contribution in [3.8, 4) is 5.75 Å². The summed E-state index contributed by atoms with van der Waals surface area (Å²) in [6.45, 7) is 6.67. The zero-order valence-corrected chi connectivity index (χ0v) is 17.7. The molecule has 3 aromatic rings. The largest absolute Gasteiger partial charge is 0.489 e. The molecule has 4 nitrogen and oxygen atoms in total. The highest BCUT2D eigenvalue weighted by Gasteiger charge is 2.08. The van der Waals surface area contributed by atoms with Gasteiger partial charge in [0.1, 0.15) is 12.4 Å². The van der Waals surface area contributed by atoms with Crippen molar-refractivity contribution < 1.29 is 14.6 Å². The number of aryl methyl sites for hydroxylation is 2. The molecule has 156 valence electrons. The molecule has 0 aliphatic carbocycles. The Hall–Kier alpha value is -3.27. The normalized spacial score (nSPS) is 10.6. The van der Waals surface area contributed by atoms with Crippen LogP contribution < -0.4 is 9.64 Å². The first-order valence-electron chi connectivity index (χ1n) is 10.4. The minimum atomic E-state index is -0.778. The van der Waals surface area contributed by atoms with Gasteiger partial charge in [0, 0.05) is 25.2 Å². The second-order valence-electron chi connectivity index (χ2n) is 7.44. The van der Waals surface area contributed by atoms with Gasteiger partial charge in [-0.15, -0.1) is 0 Å². The molecule has 0 atom stereocenters. The summed E-state index contributed by atoms with van der Waals surface area (Å²) in [5, 5.41) is 8.76. The highest BCUT2D eigenvalue weighted by Crippen LogP contribution is 2.22. The second kappa shape index (κ2) is 10.5. The van der Waals surface area contributed by atoms with E-state index in [0.717, 1.165) is 30.0 Å². The molecule has 0 aliphatic heterocycles. The third-order valence-electron chi connectivity index (χ3n) is 5.19. The predicted octanol–water partition coefficient (Wildman–Crippen LogP) is 5.62. The van der Waals surface area contributed by atoms with Crippen molar-refractivity contribution in [2.45, 2.75) is 39.8 Å². The molecule has 0 aliphatic rings. The van der Waals surface area contributed by atoms with Gasteiger partial charge in [0.05, 0.1) is 0 Å². The fraction of sp³-hybridized carbons (Fsp3) is 0.269. The van der Waals surface area contributed by atoms with Crippen LogP contribution in [0.5, 0.6) is 5.75 Å². The third-order valence-corrected chi connectivity index (χ3v) is 5.19. The number of para-hydroxylation sites is 1. The van der Waals surface area contributed by atoms with Crippen LogP contribution in [-0.4, -0.2) is 17.6 Å². The van der Waals surface area contributed by atoms with Crippen molar-refractivity contribution in [3.05, 3.63) is 95.1 Å². The fourth-order valence-corrected chi connectivity index (χ4v) is 3.42. The average Bonchev–Trinajstić information content (AvgIpc) is 2.76. The number of carboxylic acid groups (broad SMARTS) is 1. The van der Waals surface area contributed by atoms with E-state index in [9.17, 15) is 4.79 Å². The van der Waals surface area contributed by atoms with Crippen molar-refractivity contribution in [2.75, 3.05) is 11.4 Å². The molecule has 0 unspecified atom stereocenters. The van der Waals surface area contributed by atoms with Crippen molar-refractivity contribution in [3.63, 3.8) is 0 Å². The number of carboxylic acids is 1. The molecule has 4 heteroatoms. The molecule has 0 radical (unpaired) electrons. The summed E-state index contributed by atoms with van der Waals surface area (Å²) >= 11 is 0. The van der Waals surface area contributed by atoms with Gasteiger partial charge in [-0.25, -0.2) is 0 Å². The number of hydrogen-bond donors (Lipinski definition) is 1. The van der Waals surface area contributed by atoms with E-state index in [2.05, 4.69) is 67.3 Å². The maximum atomic E-state index is 10.7. The fourth-order valence-electron chi connectivity index (χ4n) is 3.42. The molecule has 0 fully saturated rings. The standard InChI is InChI=1S/C26H29NO3/c1-3-27(25-7-5-4-6-20(25)2)18-22-8-10-23(11-9-22)19-30-24-15-12-21(13-16-24)14-17-26(28)29/h4-13,15-16H,3,14,17-19H2,1-2H3,(H,28,29). The molecule has 0 saturated heterocycles. The lowest BCUT2D eigenvalue weighted by Crippen LogP contribution is -2.22. The molecule has 3 rings (SSSR count). The number of nitrogens with zero attached hydrogens (tertiary/aromatic N) is 1. The third kappa shape index (κ3) is 6.11. The van der Waals surface area contributed by atoms with E-state index >= 15 is 0 Å². The lowest BCUT2D eigenvalue weighted by molar-refractivity contribution is -0.136. The van der Waals surface area contributed by atoms with Crippen LogP contribution in [0.3, 0.4) is 0 Å². The van der Waals surface area contributed by atoms with Gasteiger partial charge in [-0.2, -0.15) is 0 Å². The number of benzene rings is 3. The van der Waals surface area contributed by atoms with E-state index in [0.29, 0.717) is 13.0 Å². The summed E-state index contributed by atoms with van der Waals surface area (Å²) in [5.41, 5.74) is 5.96. The zero-order valence-electron chi connectivity index (χ0n) is 17.7. The van der Waals surface area contributed by atoms with Crippen LogP contribution in [0, 0.1) is 6.92 Å². The summed E-state index contributed by atoms with van der Waals surface area (Å²) < 4.78 is 5.87. The molecule has 0 bridgehead atoms. The van der Waals surface area contributed by atoms with E-state index < -0.39 is 5.97 Å². The molecule has 0 aromatic heterocycles.